The van der Waals surface area contributed by atoms with E-state index in [0.29, 0.717) is 18.4 Å². The van der Waals surface area contributed by atoms with Gasteiger partial charge in [-0.05, 0) is 41.9 Å². The van der Waals surface area contributed by atoms with Gasteiger partial charge in [0.2, 0.25) is 0 Å². The Bertz CT molecular complexity index is 899. The number of benzene rings is 2. The van der Waals surface area contributed by atoms with E-state index in [4.69, 9.17) is 14.9 Å². The lowest BCUT2D eigenvalue weighted by atomic mass is 9.79. The van der Waals surface area contributed by atoms with E-state index in [9.17, 15) is 0 Å². The molecule has 25 heavy (non-hydrogen) atoms. The summed E-state index contributed by atoms with van der Waals surface area (Å²) in [7, 11) is 0. The first-order valence-corrected chi connectivity index (χ1v) is 9.28. The van der Waals surface area contributed by atoms with E-state index < -0.39 is 0 Å². The average Bonchev–Trinajstić information content (AvgIpc) is 3.19. The van der Waals surface area contributed by atoms with Gasteiger partial charge in [-0.2, -0.15) is 0 Å². The van der Waals surface area contributed by atoms with Crippen LogP contribution in [-0.2, 0) is 11.3 Å². The molecule has 0 spiro atoms. The highest BCUT2D eigenvalue weighted by molar-refractivity contribution is 5.92. The molecule has 2 aliphatic carbocycles. The van der Waals surface area contributed by atoms with Crippen LogP contribution in [0.15, 0.2) is 53.1 Å². The second-order valence-corrected chi connectivity index (χ2v) is 7.41. The fraction of sp³-hybridized carbons (Fsp3) is 0.364. The first kappa shape index (κ1) is 15.0. The van der Waals surface area contributed by atoms with Crippen LogP contribution >= 0.6 is 0 Å². The number of furan rings is 1. The second-order valence-electron chi connectivity index (χ2n) is 7.41. The first-order valence-electron chi connectivity index (χ1n) is 9.28. The maximum Gasteiger partial charge on any atom is 0.139 e. The number of hydrogen-bond acceptors (Lipinski definition) is 3. The smallest absolute Gasteiger partial charge is 0.139 e. The minimum atomic E-state index is 0.163. The molecule has 0 bridgehead atoms. The Morgan fingerprint density at radius 2 is 1.88 bits per heavy atom. The van der Waals surface area contributed by atoms with Crippen molar-refractivity contribution in [2.45, 2.75) is 44.3 Å². The van der Waals surface area contributed by atoms with Crippen molar-refractivity contribution in [2.24, 2.45) is 5.92 Å². The average molecular weight is 333 g/mol. The molecule has 1 aromatic heterocycles. The Labute approximate surface area is 147 Å². The Kier molecular flexibility index (Phi) is 3.56. The molecular formula is C22H23NO2. The maximum atomic E-state index is 6.47. The summed E-state index contributed by atoms with van der Waals surface area (Å²) >= 11 is 0. The summed E-state index contributed by atoms with van der Waals surface area (Å²) in [5.41, 5.74) is 11.7. The van der Waals surface area contributed by atoms with Crippen LogP contribution in [0.4, 0.5) is 5.69 Å². The number of nitrogens with two attached hydrogens (primary N) is 1. The highest BCUT2D eigenvalue weighted by Crippen LogP contribution is 2.56. The number of hydrogen-bond donors (Lipinski definition) is 1. The highest BCUT2D eigenvalue weighted by atomic mass is 16.5. The van der Waals surface area contributed by atoms with Gasteiger partial charge >= 0.3 is 0 Å². The van der Waals surface area contributed by atoms with Crippen molar-refractivity contribution in [1.29, 1.82) is 0 Å². The van der Waals surface area contributed by atoms with Gasteiger partial charge in [0.25, 0.3) is 0 Å². The van der Waals surface area contributed by atoms with Crippen molar-refractivity contribution in [2.75, 3.05) is 5.73 Å². The molecule has 3 heteroatoms. The van der Waals surface area contributed by atoms with Gasteiger partial charge in [0.15, 0.2) is 0 Å². The molecule has 3 aromatic rings. The van der Waals surface area contributed by atoms with E-state index in [1.807, 2.05) is 6.07 Å². The normalized spacial score (nSPS) is 25.0. The zero-order chi connectivity index (χ0) is 16.8. The Balaban J connectivity index is 1.54. The minimum Gasteiger partial charge on any atom is -0.462 e. The third-order valence-electron chi connectivity index (χ3n) is 6.00. The molecule has 0 radical (unpaired) electrons. The molecule has 1 heterocycles. The van der Waals surface area contributed by atoms with E-state index in [0.717, 1.165) is 16.7 Å². The molecule has 0 amide bonds. The zero-order valence-corrected chi connectivity index (χ0v) is 14.3. The molecule has 5 rings (SSSR count). The minimum absolute atomic E-state index is 0.163. The molecule has 2 aliphatic rings. The van der Waals surface area contributed by atoms with Crippen LogP contribution in [0, 0.1) is 5.92 Å². The zero-order valence-electron chi connectivity index (χ0n) is 14.3. The molecule has 0 saturated heterocycles. The SMILES string of the molecule is Nc1coc2c3c(ccc12)C(OCc1ccccc1)C1CCCCC31. The van der Waals surface area contributed by atoms with Gasteiger partial charge in [-0.3, -0.25) is 0 Å². The third-order valence-corrected chi connectivity index (χ3v) is 6.00. The van der Waals surface area contributed by atoms with E-state index >= 15 is 0 Å². The molecule has 1 saturated carbocycles. The number of rotatable bonds is 3. The molecule has 1 fully saturated rings. The second kappa shape index (κ2) is 5.92. The lowest BCUT2D eigenvalue weighted by molar-refractivity contribution is -0.00701. The summed E-state index contributed by atoms with van der Waals surface area (Å²) in [6.45, 7) is 0.659. The summed E-state index contributed by atoms with van der Waals surface area (Å²) in [6.07, 6.45) is 6.89. The molecule has 3 unspecified atom stereocenters. The quantitative estimate of drug-likeness (QED) is 0.682. The Morgan fingerprint density at radius 3 is 2.76 bits per heavy atom. The van der Waals surface area contributed by atoms with Crippen LogP contribution in [0.1, 0.15) is 54.4 Å². The third kappa shape index (κ3) is 2.37. The van der Waals surface area contributed by atoms with Gasteiger partial charge < -0.3 is 14.9 Å². The van der Waals surface area contributed by atoms with E-state index in [1.54, 1.807) is 6.26 Å². The number of anilines is 1. The lowest BCUT2D eigenvalue weighted by Crippen LogP contribution is -2.18. The molecule has 2 N–H and O–H groups in total. The van der Waals surface area contributed by atoms with E-state index in [-0.39, 0.29) is 6.10 Å². The predicted octanol–water partition coefficient (Wildman–Crippen LogP) is 5.56. The number of ether oxygens (including phenoxy) is 1. The summed E-state index contributed by atoms with van der Waals surface area (Å²) < 4.78 is 12.3. The molecule has 3 atom stereocenters. The van der Waals surface area contributed by atoms with E-state index in [2.05, 4.69) is 36.4 Å². The van der Waals surface area contributed by atoms with Crippen LogP contribution < -0.4 is 5.73 Å². The fourth-order valence-electron chi connectivity index (χ4n) is 4.87. The van der Waals surface area contributed by atoms with Crippen molar-refractivity contribution in [3.63, 3.8) is 0 Å². The van der Waals surface area contributed by atoms with Crippen molar-refractivity contribution in [3.8, 4) is 0 Å². The fourth-order valence-corrected chi connectivity index (χ4v) is 4.87. The summed E-state index contributed by atoms with van der Waals surface area (Å²) in [6, 6.07) is 14.8. The molecule has 2 aromatic carbocycles. The van der Waals surface area contributed by atoms with Gasteiger partial charge in [-0.15, -0.1) is 0 Å². The summed E-state index contributed by atoms with van der Waals surface area (Å²) in [5, 5.41) is 1.05. The number of nitrogen functional groups attached to an aromatic ring is 1. The molecule has 0 aliphatic heterocycles. The van der Waals surface area contributed by atoms with Gasteiger partial charge in [-0.25, -0.2) is 0 Å². The lowest BCUT2D eigenvalue weighted by Gasteiger charge is -2.29. The van der Waals surface area contributed by atoms with Gasteiger partial charge in [0.1, 0.15) is 11.8 Å². The number of fused-ring (bicyclic) bond motifs is 5. The van der Waals surface area contributed by atoms with E-state index in [1.165, 1.54) is 42.4 Å². The molecule has 128 valence electrons. The standard InChI is InChI=1S/C22H23NO2/c23-19-13-25-22-17(19)10-11-18-20(22)15-8-4-5-9-16(15)21(18)24-12-14-6-2-1-3-7-14/h1-3,6-7,10-11,13,15-16,21H,4-5,8-9,12,23H2. The van der Waals surface area contributed by atoms with Crippen LogP contribution in [0.25, 0.3) is 11.0 Å². The highest BCUT2D eigenvalue weighted by Gasteiger charge is 2.44. The monoisotopic (exact) mass is 333 g/mol. The van der Waals surface area contributed by atoms with Crippen molar-refractivity contribution < 1.29 is 9.15 Å². The van der Waals surface area contributed by atoms with Crippen LogP contribution in [0.2, 0.25) is 0 Å². The van der Waals surface area contributed by atoms with Crippen LogP contribution in [0.3, 0.4) is 0 Å². The molecular weight excluding hydrogens is 310 g/mol. The van der Waals surface area contributed by atoms with Gasteiger partial charge in [0.05, 0.1) is 18.4 Å². The van der Waals surface area contributed by atoms with Crippen LogP contribution in [-0.4, -0.2) is 0 Å². The maximum absolute atomic E-state index is 6.47. The van der Waals surface area contributed by atoms with Crippen molar-refractivity contribution >= 4 is 16.7 Å². The van der Waals surface area contributed by atoms with Crippen LogP contribution in [0.5, 0.6) is 0 Å². The summed E-state index contributed by atoms with van der Waals surface area (Å²) in [4.78, 5) is 0. The Hall–Kier alpha value is -2.26. The summed E-state index contributed by atoms with van der Waals surface area (Å²) in [5.74, 6) is 1.10. The van der Waals surface area contributed by atoms with Crippen molar-refractivity contribution in [1.82, 2.24) is 0 Å². The molecule has 3 nitrogen and oxygen atoms in total. The van der Waals surface area contributed by atoms with Crippen molar-refractivity contribution in [3.05, 3.63) is 65.4 Å². The van der Waals surface area contributed by atoms with Gasteiger partial charge in [0, 0.05) is 10.9 Å². The first-order chi connectivity index (χ1) is 12.3. The predicted molar refractivity (Wildman–Crippen MR) is 99.3 cm³/mol. The topological polar surface area (TPSA) is 48.4 Å². The Morgan fingerprint density at radius 1 is 1.04 bits per heavy atom. The van der Waals surface area contributed by atoms with Gasteiger partial charge in [-0.1, -0.05) is 49.2 Å². The largest absolute Gasteiger partial charge is 0.462 e.